The van der Waals surface area contributed by atoms with Crippen molar-refractivity contribution in [3.8, 4) is 0 Å². The van der Waals surface area contributed by atoms with E-state index in [0.717, 1.165) is 5.56 Å². The number of rotatable bonds is 6. The van der Waals surface area contributed by atoms with E-state index < -0.39 is 6.04 Å². The van der Waals surface area contributed by atoms with Crippen LogP contribution in [0.5, 0.6) is 0 Å². The lowest BCUT2D eigenvalue weighted by Gasteiger charge is -2.25. The Balaban J connectivity index is 2.73. The first kappa shape index (κ1) is 16.2. The van der Waals surface area contributed by atoms with Crippen LogP contribution >= 0.6 is 0 Å². The van der Waals surface area contributed by atoms with Crippen LogP contribution in [0, 0.1) is 5.92 Å². The van der Waals surface area contributed by atoms with Crippen LogP contribution in [0.25, 0.3) is 0 Å². The van der Waals surface area contributed by atoms with Crippen LogP contribution in [-0.4, -0.2) is 54.2 Å². The summed E-state index contributed by atoms with van der Waals surface area (Å²) in [6, 6.07) is -0.453. The number of likely N-dealkylation sites (N-methyl/N-ethyl adjacent to an activating group) is 2. The van der Waals surface area contributed by atoms with Gasteiger partial charge in [0.05, 0.1) is 12.1 Å². The molecule has 2 atom stereocenters. The lowest BCUT2D eigenvalue weighted by atomic mass is 10.1. The average molecular weight is 281 g/mol. The molecule has 0 bridgehead atoms. The van der Waals surface area contributed by atoms with Crippen LogP contribution in [-0.2, 0) is 16.6 Å². The van der Waals surface area contributed by atoms with Gasteiger partial charge in [-0.1, -0.05) is 6.92 Å². The third-order valence-corrected chi connectivity index (χ3v) is 3.21. The number of carbonyl (C=O) groups excluding carboxylic acids is 2. The second kappa shape index (κ2) is 7.04. The van der Waals surface area contributed by atoms with Crippen molar-refractivity contribution in [1.29, 1.82) is 0 Å². The van der Waals surface area contributed by atoms with Gasteiger partial charge in [-0.15, -0.1) is 0 Å². The van der Waals surface area contributed by atoms with Gasteiger partial charge in [0.15, 0.2) is 0 Å². The van der Waals surface area contributed by atoms with Gasteiger partial charge in [0.2, 0.25) is 11.8 Å². The van der Waals surface area contributed by atoms with E-state index >= 15 is 0 Å². The molecule has 112 valence electrons. The predicted molar refractivity (Wildman–Crippen MR) is 75.9 cm³/mol. The third-order valence-electron chi connectivity index (χ3n) is 3.21. The van der Waals surface area contributed by atoms with E-state index in [1.807, 2.05) is 0 Å². The smallest absolute Gasteiger partial charge is 0.244 e. The molecule has 1 aromatic heterocycles. The van der Waals surface area contributed by atoms with Gasteiger partial charge in [0, 0.05) is 39.4 Å². The molecule has 0 aromatic carbocycles. The highest BCUT2D eigenvalue weighted by Crippen LogP contribution is 2.14. The van der Waals surface area contributed by atoms with E-state index in [1.165, 1.54) is 0 Å². The third kappa shape index (κ3) is 3.80. The first-order valence-electron chi connectivity index (χ1n) is 6.53. The maximum atomic E-state index is 12.4. The van der Waals surface area contributed by atoms with Crippen LogP contribution in [0.1, 0.15) is 18.5 Å². The second-order valence-electron chi connectivity index (χ2n) is 4.90. The Kier molecular flexibility index (Phi) is 5.69. The van der Waals surface area contributed by atoms with Crippen LogP contribution in [0.2, 0.25) is 0 Å². The number of aromatic nitrogens is 2. The highest BCUT2D eigenvalue weighted by Gasteiger charge is 2.25. The molecule has 0 spiro atoms. The van der Waals surface area contributed by atoms with E-state index in [9.17, 15) is 9.59 Å². The van der Waals surface area contributed by atoms with Gasteiger partial charge < -0.3 is 15.5 Å². The summed E-state index contributed by atoms with van der Waals surface area (Å²) in [6.07, 6.45) is 3.46. The van der Waals surface area contributed by atoms with Crippen molar-refractivity contribution in [1.82, 2.24) is 25.3 Å². The number of aryl methyl sites for hydroxylation is 1. The van der Waals surface area contributed by atoms with Gasteiger partial charge in [-0.25, -0.2) is 0 Å². The van der Waals surface area contributed by atoms with Gasteiger partial charge in [-0.3, -0.25) is 14.3 Å². The summed E-state index contributed by atoms with van der Waals surface area (Å²) in [5.74, 6) is -0.413. The minimum absolute atomic E-state index is 0.0768. The van der Waals surface area contributed by atoms with Crippen molar-refractivity contribution in [2.24, 2.45) is 13.0 Å². The minimum Gasteiger partial charge on any atom is -0.359 e. The molecule has 2 N–H and O–H groups in total. The Morgan fingerprint density at radius 2 is 2.10 bits per heavy atom. The lowest BCUT2D eigenvalue weighted by Crippen LogP contribution is -2.42. The van der Waals surface area contributed by atoms with E-state index in [4.69, 9.17) is 0 Å². The molecular formula is C13H23N5O2. The zero-order valence-electron chi connectivity index (χ0n) is 12.7. The summed E-state index contributed by atoms with van der Waals surface area (Å²) >= 11 is 0. The van der Waals surface area contributed by atoms with E-state index in [1.54, 1.807) is 57.1 Å². The quantitative estimate of drug-likeness (QED) is 0.738. The fraction of sp³-hybridized carbons (Fsp3) is 0.615. The monoisotopic (exact) mass is 281 g/mol. The molecule has 1 aromatic rings. The number of nitrogens with zero attached hydrogens (tertiary/aromatic N) is 3. The first-order valence-corrected chi connectivity index (χ1v) is 6.53. The van der Waals surface area contributed by atoms with E-state index in [2.05, 4.69) is 15.7 Å². The van der Waals surface area contributed by atoms with Gasteiger partial charge in [-0.2, -0.15) is 5.10 Å². The highest BCUT2D eigenvalue weighted by molar-refractivity contribution is 5.84. The van der Waals surface area contributed by atoms with Crippen molar-refractivity contribution in [2.45, 2.75) is 13.0 Å². The molecule has 1 rings (SSSR count). The first-order chi connectivity index (χ1) is 9.40. The molecule has 2 amide bonds. The molecular weight excluding hydrogens is 258 g/mol. The van der Waals surface area contributed by atoms with Crippen molar-refractivity contribution >= 4 is 11.8 Å². The van der Waals surface area contributed by atoms with Gasteiger partial charge >= 0.3 is 0 Å². The summed E-state index contributed by atoms with van der Waals surface area (Å²) in [5, 5.41) is 9.64. The van der Waals surface area contributed by atoms with Crippen molar-refractivity contribution < 1.29 is 9.59 Å². The van der Waals surface area contributed by atoms with E-state index in [0.29, 0.717) is 6.54 Å². The fourth-order valence-electron chi connectivity index (χ4n) is 2.07. The van der Waals surface area contributed by atoms with Crippen LogP contribution < -0.4 is 10.6 Å². The molecule has 1 heterocycles. The molecule has 0 saturated carbocycles. The van der Waals surface area contributed by atoms with Crippen LogP contribution in [0.3, 0.4) is 0 Å². The molecule has 0 radical (unpaired) electrons. The molecule has 7 nitrogen and oxygen atoms in total. The summed E-state index contributed by atoms with van der Waals surface area (Å²) in [7, 11) is 6.82. The molecule has 0 fully saturated rings. The van der Waals surface area contributed by atoms with Gasteiger partial charge in [0.1, 0.15) is 6.04 Å². The highest BCUT2D eigenvalue weighted by atomic mass is 16.2. The fourth-order valence-corrected chi connectivity index (χ4v) is 2.07. The standard InChI is InChI=1S/C13H23N5O2/c1-9(12(19)15-3)7-17(4)13(20)11(14-2)10-6-16-18(5)8-10/h6,8-9,11,14H,7H2,1-5H3,(H,15,19). The van der Waals surface area contributed by atoms with Crippen LogP contribution in [0.4, 0.5) is 0 Å². The molecule has 0 aliphatic heterocycles. The average Bonchev–Trinajstić information content (AvgIpc) is 2.84. The molecule has 7 heteroatoms. The Morgan fingerprint density at radius 3 is 2.55 bits per heavy atom. The number of nitrogens with one attached hydrogen (secondary N) is 2. The topological polar surface area (TPSA) is 79.3 Å². The van der Waals surface area contributed by atoms with Gasteiger partial charge in [0.25, 0.3) is 0 Å². The van der Waals surface area contributed by atoms with Crippen molar-refractivity contribution in [3.63, 3.8) is 0 Å². The summed E-state index contributed by atoms with van der Waals surface area (Å²) in [5.41, 5.74) is 0.805. The van der Waals surface area contributed by atoms with Crippen LogP contribution in [0.15, 0.2) is 12.4 Å². The lowest BCUT2D eigenvalue weighted by molar-refractivity contribution is -0.134. The molecule has 0 saturated heterocycles. The summed E-state index contributed by atoms with van der Waals surface area (Å²) < 4.78 is 1.65. The van der Waals surface area contributed by atoms with Crippen molar-refractivity contribution in [3.05, 3.63) is 18.0 Å². The number of hydrogen-bond donors (Lipinski definition) is 2. The Labute approximate surface area is 119 Å². The molecule has 0 aliphatic carbocycles. The predicted octanol–water partition coefficient (Wildman–Crippen LogP) is -0.479. The largest absolute Gasteiger partial charge is 0.359 e. The number of hydrogen-bond acceptors (Lipinski definition) is 4. The minimum atomic E-state index is -0.453. The van der Waals surface area contributed by atoms with Gasteiger partial charge in [-0.05, 0) is 7.05 Å². The maximum Gasteiger partial charge on any atom is 0.244 e. The number of carbonyl (C=O) groups is 2. The Morgan fingerprint density at radius 1 is 1.45 bits per heavy atom. The van der Waals surface area contributed by atoms with E-state index in [-0.39, 0.29) is 17.7 Å². The molecule has 0 aliphatic rings. The Bertz CT molecular complexity index is 471. The number of amides is 2. The van der Waals surface area contributed by atoms with Crippen molar-refractivity contribution in [2.75, 3.05) is 27.7 Å². The normalized spacial score (nSPS) is 13.7. The zero-order chi connectivity index (χ0) is 15.3. The summed E-state index contributed by atoms with van der Waals surface area (Å²) in [6.45, 7) is 2.16. The molecule has 20 heavy (non-hydrogen) atoms. The summed E-state index contributed by atoms with van der Waals surface area (Å²) in [4.78, 5) is 25.5. The zero-order valence-corrected chi connectivity index (χ0v) is 12.7. The SMILES string of the molecule is CNC(=O)C(C)CN(C)C(=O)C(NC)c1cnn(C)c1. The Hall–Kier alpha value is -1.89. The second-order valence-corrected chi connectivity index (χ2v) is 4.90. The molecule has 2 unspecified atom stereocenters. The maximum absolute atomic E-state index is 12.4.